The van der Waals surface area contributed by atoms with E-state index in [0.29, 0.717) is 0 Å². The molecule has 102 valence electrons. The minimum atomic E-state index is 0.759. The van der Waals surface area contributed by atoms with Crippen molar-refractivity contribution in [1.82, 2.24) is 14.8 Å². The number of hydrogen-bond donors (Lipinski definition) is 1. The van der Waals surface area contributed by atoms with E-state index in [4.69, 9.17) is 0 Å². The van der Waals surface area contributed by atoms with Crippen molar-refractivity contribution >= 4 is 17.0 Å². The molecule has 0 amide bonds. The van der Waals surface area contributed by atoms with Crippen LogP contribution in [-0.4, -0.2) is 14.8 Å². The van der Waals surface area contributed by atoms with E-state index in [0.717, 1.165) is 29.5 Å². The van der Waals surface area contributed by atoms with E-state index in [-0.39, 0.29) is 0 Å². The molecule has 2 heterocycles. The van der Waals surface area contributed by atoms with Crippen molar-refractivity contribution in [3.8, 4) is 0 Å². The highest BCUT2D eigenvalue weighted by molar-refractivity contribution is 7.09. The first kappa shape index (κ1) is 12.9. The van der Waals surface area contributed by atoms with Gasteiger partial charge in [-0.05, 0) is 24.6 Å². The van der Waals surface area contributed by atoms with Crippen molar-refractivity contribution in [3.05, 3.63) is 64.4 Å². The molecule has 20 heavy (non-hydrogen) atoms. The molecule has 0 aliphatic rings. The van der Waals surface area contributed by atoms with Crippen molar-refractivity contribution in [3.63, 3.8) is 0 Å². The summed E-state index contributed by atoms with van der Waals surface area (Å²) >= 11 is 1.69. The maximum absolute atomic E-state index is 4.47. The predicted molar refractivity (Wildman–Crippen MR) is 81.9 cm³/mol. The van der Waals surface area contributed by atoms with E-state index in [9.17, 15) is 0 Å². The smallest absolute Gasteiger partial charge is 0.112 e. The average Bonchev–Trinajstić information content (AvgIpc) is 3.10. The third kappa shape index (κ3) is 3.05. The van der Waals surface area contributed by atoms with Gasteiger partial charge in [0, 0.05) is 29.2 Å². The van der Waals surface area contributed by atoms with Gasteiger partial charge in [-0.3, -0.25) is 4.68 Å². The summed E-state index contributed by atoms with van der Waals surface area (Å²) in [6, 6.07) is 10.3. The van der Waals surface area contributed by atoms with Crippen LogP contribution in [0.1, 0.15) is 16.3 Å². The fourth-order valence-corrected chi connectivity index (χ4v) is 2.77. The van der Waals surface area contributed by atoms with Crippen molar-refractivity contribution in [2.75, 3.05) is 5.32 Å². The molecule has 0 aliphatic heterocycles. The average molecular weight is 284 g/mol. The minimum absolute atomic E-state index is 0.759. The Labute approximate surface area is 122 Å². The Morgan fingerprint density at radius 3 is 2.90 bits per heavy atom. The van der Waals surface area contributed by atoms with Crippen LogP contribution in [0.5, 0.6) is 0 Å². The van der Waals surface area contributed by atoms with Crippen molar-refractivity contribution in [1.29, 1.82) is 0 Å². The maximum atomic E-state index is 4.47. The summed E-state index contributed by atoms with van der Waals surface area (Å²) in [4.78, 5) is 4.47. The molecule has 0 saturated carbocycles. The van der Waals surface area contributed by atoms with Gasteiger partial charge in [0.1, 0.15) is 5.01 Å². The van der Waals surface area contributed by atoms with Crippen LogP contribution < -0.4 is 5.32 Å². The molecule has 0 fully saturated rings. The van der Waals surface area contributed by atoms with Gasteiger partial charge in [-0.2, -0.15) is 5.10 Å². The second-order valence-corrected chi connectivity index (χ2v) is 5.54. The first-order valence-electron chi connectivity index (χ1n) is 6.51. The lowest BCUT2D eigenvalue weighted by molar-refractivity contribution is 0.687. The van der Waals surface area contributed by atoms with Crippen molar-refractivity contribution < 1.29 is 0 Å². The number of aryl methyl sites for hydroxylation is 1. The number of thiazole rings is 1. The molecule has 0 aliphatic carbocycles. The Hall–Kier alpha value is -2.14. The summed E-state index contributed by atoms with van der Waals surface area (Å²) < 4.78 is 1.92. The molecule has 4 nitrogen and oxygen atoms in total. The van der Waals surface area contributed by atoms with Gasteiger partial charge in [-0.15, -0.1) is 11.3 Å². The molecule has 1 aromatic carbocycles. The SMILES string of the molecule is Cc1csc(CNc2ccccc2Cn2cccn2)n1. The third-order valence-electron chi connectivity index (χ3n) is 3.01. The standard InChI is InChI=1S/C15H16N4S/c1-12-11-20-15(18-12)9-16-14-6-3-2-5-13(14)10-19-8-4-7-17-19/h2-8,11,16H,9-10H2,1H3. The second kappa shape index (κ2) is 5.88. The Morgan fingerprint density at radius 1 is 1.25 bits per heavy atom. The Balaban J connectivity index is 1.72. The summed E-state index contributed by atoms with van der Waals surface area (Å²) in [5.74, 6) is 0. The van der Waals surface area contributed by atoms with E-state index in [1.54, 1.807) is 17.5 Å². The summed E-state index contributed by atoms with van der Waals surface area (Å²) in [7, 11) is 0. The third-order valence-corrected chi connectivity index (χ3v) is 3.97. The zero-order chi connectivity index (χ0) is 13.8. The number of nitrogens with zero attached hydrogens (tertiary/aromatic N) is 3. The maximum Gasteiger partial charge on any atom is 0.112 e. The summed E-state index contributed by atoms with van der Waals surface area (Å²) in [5, 5.41) is 10.9. The quantitative estimate of drug-likeness (QED) is 0.781. The van der Waals surface area contributed by atoms with Crippen LogP contribution in [-0.2, 0) is 13.1 Å². The number of anilines is 1. The summed E-state index contributed by atoms with van der Waals surface area (Å²) in [5.41, 5.74) is 3.44. The number of rotatable bonds is 5. The van der Waals surface area contributed by atoms with Crippen molar-refractivity contribution in [2.24, 2.45) is 0 Å². The first-order chi connectivity index (χ1) is 9.81. The lowest BCUT2D eigenvalue weighted by Gasteiger charge is -2.11. The Kier molecular flexibility index (Phi) is 3.78. The fourth-order valence-electron chi connectivity index (χ4n) is 2.05. The molecule has 3 aromatic rings. The monoisotopic (exact) mass is 284 g/mol. The van der Waals surface area contributed by atoms with Gasteiger partial charge in [0.25, 0.3) is 0 Å². The van der Waals surface area contributed by atoms with Crippen molar-refractivity contribution in [2.45, 2.75) is 20.0 Å². The van der Waals surface area contributed by atoms with Gasteiger partial charge in [-0.1, -0.05) is 18.2 Å². The lowest BCUT2D eigenvalue weighted by atomic mass is 10.2. The van der Waals surface area contributed by atoms with Gasteiger partial charge in [0.2, 0.25) is 0 Å². The van der Waals surface area contributed by atoms with E-state index in [2.05, 4.69) is 39.0 Å². The summed E-state index contributed by atoms with van der Waals surface area (Å²) in [6.07, 6.45) is 3.77. The number of para-hydroxylation sites is 1. The second-order valence-electron chi connectivity index (χ2n) is 4.60. The molecular weight excluding hydrogens is 268 g/mol. The molecule has 2 aromatic heterocycles. The number of aromatic nitrogens is 3. The largest absolute Gasteiger partial charge is 0.378 e. The lowest BCUT2D eigenvalue weighted by Crippen LogP contribution is -2.06. The van der Waals surface area contributed by atoms with Gasteiger partial charge in [0.05, 0.1) is 13.1 Å². The van der Waals surface area contributed by atoms with Crippen LogP contribution in [0.25, 0.3) is 0 Å². The summed E-state index contributed by atoms with van der Waals surface area (Å²) in [6.45, 7) is 3.55. The van der Waals surface area contributed by atoms with Crippen LogP contribution in [0.3, 0.4) is 0 Å². The number of nitrogens with one attached hydrogen (secondary N) is 1. The molecule has 1 N–H and O–H groups in total. The Morgan fingerprint density at radius 2 is 2.15 bits per heavy atom. The van der Waals surface area contributed by atoms with E-state index < -0.39 is 0 Å². The van der Waals surface area contributed by atoms with Gasteiger partial charge < -0.3 is 5.32 Å². The molecule has 3 rings (SSSR count). The molecule has 5 heteroatoms. The molecule has 0 spiro atoms. The number of hydrogen-bond acceptors (Lipinski definition) is 4. The van der Waals surface area contributed by atoms with Crippen LogP contribution >= 0.6 is 11.3 Å². The topological polar surface area (TPSA) is 42.7 Å². The molecule has 0 unspecified atom stereocenters. The zero-order valence-electron chi connectivity index (χ0n) is 11.3. The molecular formula is C15H16N4S. The minimum Gasteiger partial charge on any atom is -0.378 e. The first-order valence-corrected chi connectivity index (χ1v) is 7.39. The van der Waals surface area contributed by atoms with E-state index in [1.807, 2.05) is 29.9 Å². The van der Waals surface area contributed by atoms with Crippen LogP contribution in [0.4, 0.5) is 5.69 Å². The van der Waals surface area contributed by atoms with E-state index in [1.165, 1.54) is 5.56 Å². The highest BCUT2D eigenvalue weighted by atomic mass is 32.1. The van der Waals surface area contributed by atoms with E-state index >= 15 is 0 Å². The molecule has 0 radical (unpaired) electrons. The highest BCUT2D eigenvalue weighted by Gasteiger charge is 2.04. The predicted octanol–water partition coefficient (Wildman–Crippen LogP) is 3.31. The van der Waals surface area contributed by atoms with Gasteiger partial charge in [-0.25, -0.2) is 4.98 Å². The normalized spacial score (nSPS) is 10.7. The van der Waals surface area contributed by atoms with Crippen LogP contribution in [0, 0.1) is 6.92 Å². The fraction of sp³-hybridized carbons (Fsp3) is 0.200. The molecule has 0 atom stereocenters. The highest BCUT2D eigenvalue weighted by Crippen LogP contribution is 2.18. The molecule has 0 saturated heterocycles. The van der Waals surface area contributed by atoms with Crippen LogP contribution in [0.15, 0.2) is 48.1 Å². The number of benzene rings is 1. The van der Waals surface area contributed by atoms with Gasteiger partial charge >= 0.3 is 0 Å². The van der Waals surface area contributed by atoms with Crippen LogP contribution in [0.2, 0.25) is 0 Å². The van der Waals surface area contributed by atoms with Gasteiger partial charge in [0.15, 0.2) is 0 Å². The molecule has 0 bridgehead atoms. The Bertz CT molecular complexity index is 673. The zero-order valence-corrected chi connectivity index (χ0v) is 12.1.